The van der Waals surface area contributed by atoms with Crippen molar-refractivity contribution < 1.29 is 0 Å². The van der Waals surface area contributed by atoms with E-state index in [1.54, 1.807) is 28.9 Å². The number of aromatic nitrogens is 8. The van der Waals surface area contributed by atoms with Gasteiger partial charge in [-0.25, -0.2) is 24.9 Å². The lowest BCUT2D eigenvalue weighted by atomic mass is 10.3. The molecule has 0 saturated carbocycles. The van der Waals surface area contributed by atoms with E-state index in [-0.39, 0.29) is 5.56 Å². The average Bonchev–Trinajstić information content (AvgIpc) is 3.50. The van der Waals surface area contributed by atoms with Crippen molar-refractivity contribution in [2.45, 2.75) is 0 Å². The van der Waals surface area contributed by atoms with Crippen molar-refractivity contribution in [2.24, 2.45) is 0 Å². The molecule has 0 aliphatic rings. The molecule has 0 aliphatic carbocycles. The fraction of sp³-hybridized carbons (Fsp3) is 0. The van der Waals surface area contributed by atoms with E-state index >= 15 is 0 Å². The van der Waals surface area contributed by atoms with E-state index in [0.29, 0.717) is 48.8 Å². The standard InChI is InChI=1S/C13H6Cl2N4.C13H7ClN4O/c14-7-5-9-12(16-6-7)19-10-4-2-1-3-8(10)18-13(19)11(15)17-9;14-7-5-9-11(15-6-7)18-10-4-2-1-3-8(10)16-12(18)13(19)17-9/h1-6H;1-6H,(H,17,19). The second-order valence-corrected chi connectivity index (χ2v) is 9.63. The lowest BCUT2D eigenvalue weighted by Gasteiger charge is -2.03. The smallest absolute Gasteiger partial charge is 0.292 e. The van der Waals surface area contributed by atoms with Gasteiger partial charge in [0.2, 0.25) is 5.65 Å². The second-order valence-electron chi connectivity index (χ2n) is 8.40. The van der Waals surface area contributed by atoms with E-state index in [9.17, 15) is 4.79 Å². The first-order valence-electron chi connectivity index (χ1n) is 11.3. The Morgan fingerprint density at radius 3 is 1.92 bits per heavy atom. The van der Waals surface area contributed by atoms with Crippen molar-refractivity contribution in [3.8, 4) is 0 Å². The number of pyridine rings is 2. The van der Waals surface area contributed by atoms with Gasteiger partial charge in [0.05, 0.1) is 37.6 Å². The maximum Gasteiger partial charge on any atom is 0.292 e. The number of imidazole rings is 2. The number of benzene rings is 2. The van der Waals surface area contributed by atoms with Gasteiger partial charge >= 0.3 is 0 Å². The molecule has 38 heavy (non-hydrogen) atoms. The van der Waals surface area contributed by atoms with Gasteiger partial charge in [-0.05, 0) is 36.4 Å². The molecule has 0 spiro atoms. The van der Waals surface area contributed by atoms with E-state index in [1.165, 1.54) is 0 Å². The minimum absolute atomic E-state index is 0.257. The molecular weight excluding hydrogens is 547 g/mol. The SMILES string of the molecule is Clc1cnc2c(c1)nc(Cl)c1nc3ccccc3n12.O=c1[nH]c2cc(Cl)cnc2n2c1nc1ccccc12. The summed E-state index contributed by atoms with van der Waals surface area (Å²) in [5.74, 6) is 0. The van der Waals surface area contributed by atoms with E-state index < -0.39 is 0 Å². The van der Waals surface area contributed by atoms with Crippen molar-refractivity contribution >= 4 is 90.5 Å². The fourth-order valence-electron chi connectivity index (χ4n) is 4.48. The van der Waals surface area contributed by atoms with Crippen molar-refractivity contribution in [2.75, 3.05) is 0 Å². The summed E-state index contributed by atoms with van der Waals surface area (Å²) >= 11 is 18.0. The highest BCUT2D eigenvalue weighted by Gasteiger charge is 2.14. The quantitative estimate of drug-likeness (QED) is 0.240. The molecule has 1 N–H and O–H groups in total. The topological polar surface area (TPSA) is 106 Å². The molecule has 0 fully saturated rings. The van der Waals surface area contributed by atoms with Crippen LogP contribution < -0.4 is 5.56 Å². The van der Waals surface area contributed by atoms with Gasteiger partial charge in [0.15, 0.2) is 22.1 Å². The Morgan fingerprint density at radius 2 is 1.21 bits per heavy atom. The highest BCUT2D eigenvalue weighted by atomic mass is 35.5. The first-order chi connectivity index (χ1) is 18.5. The molecule has 9 nitrogen and oxygen atoms in total. The van der Waals surface area contributed by atoms with Gasteiger partial charge in [-0.15, -0.1) is 0 Å². The van der Waals surface area contributed by atoms with Crippen LogP contribution in [0.3, 0.4) is 0 Å². The second kappa shape index (κ2) is 8.63. The fourth-order valence-corrected chi connectivity index (χ4v) is 5.01. The van der Waals surface area contributed by atoms with Crippen molar-refractivity contribution in [1.82, 2.24) is 38.7 Å². The van der Waals surface area contributed by atoms with E-state index in [1.807, 2.05) is 52.9 Å². The van der Waals surface area contributed by atoms with Crippen LogP contribution in [-0.2, 0) is 0 Å². The molecule has 0 bridgehead atoms. The summed E-state index contributed by atoms with van der Waals surface area (Å²) in [6.45, 7) is 0. The van der Waals surface area contributed by atoms with Crippen molar-refractivity contribution in [3.63, 3.8) is 0 Å². The number of hydrogen-bond donors (Lipinski definition) is 1. The van der Waals surface area contributed by atoms with Crippen LogP contribution >= 0.6 is 34.8 Å². The van der Waals surface area contributed by atoms with Crippen LogP contribution in [0.25, 0.3) is 55.7 Å². The Kier molecular flexibility index (Phi) is 5.19. The van der Waals surface area contributed by atoms with Gasteiger partial charge in [-0.1, -0.05) is 59.1 Å². The third-order valence-corrected chi connectivity index (χ3v) is 6.71. The number of halogens is 3. The number of nitrogens with one attached hydrogen (secondary N) is 1. The third kappa shape index (κ3) is 3.55. The number of para-hydroxylation sites is 4. The van der Waals surface area contributed by atoms with Gasteiger partial charge in [-0.2, -0.15) is 0 Å². The highest BCUT2D eigenvalue weighted by molar-refractivity contribution is 6.33. The summed E-state index contributed by atoms with van der Waals surface area (Å²) in [5, 5.41) is 1.35. The first kappa shape index (κ1) is 22.9. The van der Waals surface area contributed by atoms with Gasteiger partial charge in [0, 0.05) is 12.4 Å². The zero-order chi connectivity index (χ0) is 26.0. The maximum atomic E-state index is 12.1. The summed E-state index contributed by atoms with van der Waals surface area (Å²) in [6, 6.07) is 18.8. The predicted octanol–water partition coefficient (Wildman–Crippen LogP) is 6.11. The normalized spacial score (nSPS) is 11.7. The van der Waals surface area contributed by atoms with Crippen molar-refractivity contribution in [3.05, 3.63) is 98.6 Å². The lowest BCUT2D eigenvalue weighted by molar-refractivity contribution is 1.14. The summed E-state index contributed by atoms with van der Waals surface area (Å²) in [5.41, 5.74) is 6.66. The zero-order valence-corrected chi connectivity index (χ0v) is 21.4. The van der Waals surface area contributed by atoms with E-state index in [0.717, 1.165) is 22.1 Å². The maximum absolute atomic E-state index is 12.1. The zero-order valence-electron chi connectivity index (χ0n) is 19.1. The molecular formula is C26H13Cl3N8O. The van der Waals surface area contributed by atoms with Crippen LogP contribution in [0.1, 0.15) is 0 Å². The summed E-state index contributed by atoms with van der Waals surface area (Å²) in [6.07, 6.45) is 3.14. The minimum atomic E-state index is -0.257. The Hall–Kier alpha value is -4.31. The number of nitrogens with zero attached hydrogens (tertiary/aromatic N) is 7. The van der Waals surface area contributed by atoms with Gasteiger partial charge in [0.25, 0.3) is 5.56 Å². The molecule has 2 aromatic carbocycles. The minimum Gasteiger partial charge on any atom is -0.316 e. The van der Waals surface area contributed by atoms with Gasteiger partial charge in [0.1, 0.15) is 5.52 Å². The molecule has 0 aliphatic heterocycles. The molecule has 0 radical (unpaired) electrons. The number of rotatable bonds is 0. The predicted molar refractivity (Wildman–Crippen MR) is 149 cm³/mol. The summed E-state index contributed by atoms with van der Waals surface area (Å²) in [7, 11) is 0. The molecule has 6 aromatic heterocycles. The summed E-state index contributed by atoms with van der Waals surface area (Å²) < 4.78 is 3.65. The molecule has 8 aromatic rings. The van der Waals surface area contributed by atoms with Gasteiger partial charge < -0.3 is 4.98 Å². The van der Waals surface area contributed by atoms with E-state index in [2.05, 4.69) is 29.9 Å². The number of hydrogen-bond acceptors (Lipinski definition) is 6. The first-order valence-corrected chi connectivity index (χ1v) is 12.4. The van der Waals surface area contributed by atoms with Crippen LogP contribution in [0.15, 0.2) is 77.9 Å². The monoisotopic (exact) mass is 558 g/mol. The van der Waals surface area contributed by atoms with Crippen molar-refractivity contribution in [1.29, 1.82) is 0 Å². The van der Waals surface area contributed by atoms with Gasteiger partial charge in [-0.3, -0.25) is 13.6 Å². The number of aromatic amines is 1. The van der Waals surface area contributed by atoms with E-state index in [4.69, 9.17) is 34.8 Å². The number of H-pyrrole nitrogens is 1. The molecule has 0 saturated heterocycles. The highest BCUT2D eigenvalue weighted by Crippen LogP contribution is 2.26. The largest absolute Gasteiger partial charge is 0.316 e. The molecule has 0 amide bonds. The third-order valence-electron chi connectivity index (χ3n) is 6.05. The molecule has 0 unspecified atom stereocenters. The molecule has 184 valence electrons. The molecule has 12 heteroatoms. The summed E-state index contributed by atoms with van der Waals surface area (Å²) in [4.78, 5) is 36.6. The van der Waals surface area contributed by atoms with Crippen LogP contribution in [-0.4, -0.2) is 38.7 Å². The Balaban J connectivity index is 0.000000127. The lowest BCUT2D eigenvalue weighted by Crippen LogP contribution is -2.11. The molecule has 0 atom stereocenters. The Bertz CT molecular complexity index is 2270. The average molecular weight is 560 g/mol. The van der Waals surface area contributed by atoms with Crippen LogP contribution in [0.2, 0.25) is 15.2 Å². The Morgan fingerprint density at radius 1 is 0.632 bits per heavy atom. The molecule has 6 heterocycles. The number of fused-ring (bicyclic) bond motifs is 10. The molecule has 8 rings (SSSR count). The Labute approximate surface area is 227 Å². The van der Waals surface area contributed by atoms with Crippen LogP contribution in [0.4, 0.5) is 0 Å². The van der Waals surface area contributed by atoms with Crippen LogP contribution in [0.5, 0.6) is 0 Å². The van der Waals surface area contributed by atoms with Crippen LogP contribution in [0, 0.1) is 0 Å².